The molecule has 252 valence electrons. The van der Waals surface area contributed by atoms with Crippen molar-refractivity contribution in [2.75, 3.05) is 28.8 Å². The van der Waals surface area contributed by atoms with Crippen molar-refractivity contribution in [1.82, 2.24) is 15.8 Å². The van der Waals surface area contributed by atoms with Crippen molar-refractivity contribution in [3.8, 4) is 5.75 Å². The molecule has 3 amide bonds. The summed E-state index contributed by atoms with van der Waals surface area (Å²) in [5.74, 6) is -5.76. The van der Waals surface area contributed by atoms with Gasteiger partial charge in [0.25, 0.3) is 5.91 Å². The maximum Gasteiger partial charge on any atom is 0.412 e. The van der Waals surface area contributed by atoms with Crippen LogP contribution in [0, 0.1) is 11.7 Å². The molecule has 0 aromatic heterocycles. The highest BCUT2D eigenvalue weighted by Gasteiger charge is 2.48. The summed E-state index contributed by atoms with van der Waals surface area (Å²) in [5, 5.41) is 10.2. The number of hydrogen-bond acceptors (Lipinski definition) is 8. The molecule has 1 atom stereocenters. The fourth-order valence-corrected chi connectivity index (χ4v) is 6.90. The maximum absolute atomic E-state index is 16.4. The van der Waals surface area contributed by atoms with E-state index in [2.05, 4.69) is 0 Å². The predicted molar refractivity (Wildman–Crippen MR) is 160 cm³/mol. The van der Waals surface area contributed by atoms with Crippen LogP contribution in [0.4, 0.5) is 34.1 Å². The molecule has 0 spiro atoms. The van der Waals surface area contributed by atoms with Crippen molar-refractivity contribution in [2.24, 2.45) is 5.92 Å². The van der Waals surface area contributed by atoms with Gasteiger partial charge in [-0.15, -0.1) is 0 Å². The number of nitrogens with one attached hydrogen (secondary N) is 1. The molecule has 5 N–H and O–H groups in total. The molecule has 5 rings (SSSR count). The SMILES string of the molecule is CC(C)(C)OC(=O)N(CC1CC(F)(F)C1)C[C@H]1Cc2c(cc(OCc3ccccc3)c(N3CC(=O)NS3(=O)=O)c2F)N1C(=O)O.N. The minimum absolute atomic E-state index is 0. The summed E-state index contributed by atoms with van der Waals surface area (Å²) in [6.07, 6.45) is -3.53. The smallest absolute Gasteiger partial charge is 0.412 e. The molecule has 13 nitrogen and oxygen atoms in total. The van der Waals surface area contributed by atoms with Crippen molar-refractivity contribution < 1.29 is 50.6 Å². The molecule has 1 aliphatic carbocycles. The first-order valence-corrected chi connectivity index (χ1v) is 15.6. The fourth-order valence-electron chi connectivity index (χ4n) is 5.74. The van der Waals surface area contributed by atoms with Crippen molar-refractivity contribution in [1.29, 1.82) is 0 Å². The minimum atomic E-state index is -4.49. The van der Waals surface area contributed by atoms with Crippen LogP contribution >= 0.6 is 0 Å². The highest BCUT2D eigenvalue weighted by Crippen LogP contribution is 2.46. The summed E-state index contributed by atoms with van der Waals surface area (Å²) in [4.78, 5) is 39.8. The quantitative estimate of drug-likeness (QED) is 0.366. The second kappa shape index (κ2) is 12.5. The van der Waals surface area contributed by atoms with Crippen LogP contribution in [0.3, 0.4) is 0 Å². The van der Waals surface area contributed by atoms with Gasteiger partial charge in [0.05, 0.1) is 11.7 Å². The number of nitrogens with zero attached hydrogens (tertiary/aromatic N) is 3. The summed E-state index contributed by atoms with van der Waals surface area (Å²) in [5.41, 5.74) is -1.20. The Morgan fingerprint density at radius 2 is 1.80 bits per heavy atom. The molecular weight excluding hydrogens is 635 g/mol. The van der Waals surface area contributed by atoms with Crippen molar-refractivity contribution >= 4 is 39.7 Å². The van der Waals surface area contributed by atoms with Gasteiger partial charge in [-0.2, -0.15) is 8.42 Å². The third-order valence-electron chi connectivity index (χ3n) is 7.60. The topological polar surface area (TPSA) is 181 Å². The standard InChI is InChI=1S/C29H33F3N4O8S.H3N/c1-28(2,3)44-27(40)34(13-18-11-29(31,32)12-18)14-19-9-20-21(36(19)26(38)39)10-22(43-16-17-7-5-4-6-8-17)25(24(20)30)35-15-23(37)33-45(35,41)42;/h4-8,10,18-19H,9,11-16H2,1-3H3,(H,33,37)(H,38,39);1H3/t19-;/m1./s1. The second-order valence-electron chi connectivity index (χ2n) is 12.4. The third kappa shape index (κ3) is 7.25. The van der Waals surface area contributed by atoms with E-state index in [0.29, 0.717) is 9.87 Å². The van der Waals surface area contributed by atoms with E-state index >= 15 is 4.39 Å². The molecule has 2 fully saturated rings. The zero-order valence-corrected chi connectivity index (χ0v) is 26.3. The number of amides is 3. The lowest BCUT2D eigenvalue weighted by Crippen LogP contribution is -2.51. The Labute approximate surface area is 264 Å². The minimum Gasteiger partial charge on any atom is -0.487 e. The molecule has 0 unspecified atom stereocenters. The molecule has 46 heavy (non-hydrogen) atoms. The average molecular weight is 672 g/mol. The van der Waals surface area contributed by atoms with E-state index in [9.17, 15) is 36.7 Å². The molecule has 1 saturated carbocycles. The van der Waals surface area contributed by atoms with Gasteiger partial charge in [0.1, 0.15) is 30.2 Å². The number of anilines is 2. The lowest BCUT2D eigenvalue weighted by Gasteiger charge is -2.39. The van der Waals surface area contributed by atoms with E-state index < -0.39 is 82.7 Å². The van der Waals surface area contributed by atoms with E-state index in [4.69, 9.17) is 9.47 Å². The number of carbonyl (C=O) groups excluding carboxylic acids is 2. The fraction of sp³-hybridized carbons (Fsp3) is 0.483. The summed E-state index contributed by atoms with van der Waals surface area (Å²) in [7, 11) is -4.49. The average Bonchev–Trinajstić information content (AvgIpc) is 3.40. The zero-order valence-electron chi connectivity index (χ0n) is 25.5. The van der Waals surface area contributed by atoms with E-state index in [1.807, 2.05) is 0 Å². The summed E-state index contributed by atoms with van der Waals surface area (Å²) in [6.45, 7) is 3.53. The maximum atomic E-state index is 16.4. The van der Waals surface area contributed by atoms with Gasteiger partial charge < -0.3 is 25.6 Å². The Kier molecular flexibility index (Phi) is 9.41. The number of carboxylic acid groups (broad SMARTS) is 1. The molecule has 1 saturated heterocycles. The predicted octanol–water partition coefficient (Wildman–Crippen LogP) is 4.44. The Morgan fingerprint density at radius 3 is 2.35 bits per heavy atom. The van der Waals surface area contributed by atoms with Gasteiger partial charge in [-0.1, -0.05) is 30.3 Å². The number of fused-ring (bicyclic) bond motifs is 1. The van der Waals surface area contributed by atoms with Gasteiger partial charge in [-0.25, -0.2) is 31.8 Å². The lowest BCUT2D eigenvalue weighted by molar-refractivity contribution is -0.117. The highest BCUT2D eigenvalue weighted by atomic mass is 32.2. The van der Waals surface area contributed by atoms with E-state index in [1.165, 1.54) is 6.07 Å². The first-order valence-electron chi connectivity index (χ1n) is 14.2. The van der Waals surface area contributed by atoms with Crippen LogP contribution in [-0.2, 0) is 32.8 Å². The van der Waals surface area contributed by atoms with Crippen LogP contribution in [0.15, 0.2) is 36.4 Å². The van der Waals surface area contributed by atoms with Crippen molar-refractivity contribution in [3.63, 3.8) is 0 Å². The Balaban J connectivity index is 0.00000480. The molecule has 0 bridgehead atoms. The number of halogens is 3. The number of alkyl halides is 2. The molecule has 0 radical (unpaired) electrons. The highest BCUT2D eigenvalue weighted by molar-refractivity contribution is 7.92. The van der Waals surface area contributed by atoms with E-state index in [-0.39, 0.29) is 49.3 Å². The Bertz CT molecular complexity index is 1610. The molecular formula is C29H36F3N5O8S. The second-order valence-corrected chi connectivity index (χ2v) is 14.0. The van der Waals surface area contributed by atoms with Crippen LogP contribution in [0.25, 0.3) is 0 Å². The first-order chi connectivity index (χ1) is 20.9. The summed E-state index contributed by atoms with van der Waals surface area (Å²) < 4.78 is 82.8. The third-order valence-corrected chi connectivity index (χ3v) is 8.97. The first kappa shape index (κ1) is 34.6. The molecule has 2 aromatic carbocycles. The van der Waals surface area contributed by atoms with Gasteiger partial charge in [0.2, 0.25) is 5.92 Å². The van der Waals surface area contributed by atoms with E-state index in [0.717, 1.165) is 9.80 Å². The van der Waals surface area contributed by atoms with Crippen LogP contribution < -0.4 is 24.8 Å². The number of carbonyl (C=O) groups is 3. The van der Waals surface area contributed by atoms with Gasteiger partial charge >= 0.3 is 22.4 Å². The number of ether oxygens (including phenoxy) is 2. The monoisotopic (exact) mass is 671 g/mol. The van der Waals surface area contributed by atoms with Gasteiger partial charge in [0.15, 0.2) is 5.82 Å². The van der Waals surface area contributed by atoms with Crippen LogP contribution in [-0.4, -0.2) is 73.7 Å². The molecule has 17 heteroatoms. The van der Waals surface area contributed by atoms with Crippen LogP contribution in [0.1, 0.15) is 44.7 Å². The Hall–Kier alpha value is -4.25. The molecule has 2 heterocycles. The van der Waals surface area contributed by atoms with E-state index in [1.54, 1.807) is 55.8 Å². The normalized spacial score (nSPS) is 19.9. The van der Waals surface area contributed by atoms with Crippen LogP contribution in [0.2, 0.25) is 0 Å². The summed E-state index contributed by atoms with van der Waals surface area (Å²) >= 11 is 0. The Morgan fingerprint density at radius 1 is 1.15 bits per heavy atom. The van der Waals surface area contributed by atoms with Gasteiger partial charge in [0, 0.05) is 44.0 Å². The van der Waals surface area contributed by atoms with Gasteiger partial charge in [-0.3, -0.25) is 9.69 Å². The molecule has 2 aromatic rings. The molecule has 3 aliphatic rings. The number of rotatable bonds is 8. The van der Waals surface area contributed by atoms with Crippen molar-refractivity contribution in [2.45, 2.75) is 64.2 Å². The van der Waals surface area contributed by atoms with Gasteiger partial charge in [-0.05, 0) is 32.3 Å². The molecule has 2 aliphatic heterocycles. The summed E-state index contributed by atoms with van der Waals surface area (Å²) in [6, 6.07) is 8.75. The largest absolute Gasteiger partial charge is 0.487 e. The number of hydrogen-bond donors (Lipinski definition) is 3. The van der Waals surface area contributed by atoms with Crippen LogP contribution in [0.5, 0.6) is 5.75 Å². The number of benzene rings is 2. The van der Waals surface area contributed by atoms with Crippen molar-refractivity contribution in [3.05, 3.63) is 53.3 Å². The lowest BCUT2D eigenvalue weighted by atomic mass is 9.81. The zero-order chi connectivity index (χ0) is 32.9.